The molecule has 0 heterocycles. The fourth-order valence-corrected chi connectivity index (χ4v) is 2.98. The first-order chi connectivity index (χ1) is 12.0. The molecule has 1 aliphatic carbocycles. The molecule has 136 valence electrons. The van der Waals surface area contributed by atoms with Gasteiger partial charge in [-0.15, -0.1) is 0 Å². The Bertz CT molecular complexity index is 622. The van der Waals surface area contributed by atoms with Gasteiger partial charge in [0.05, 0.1) is 0 Å². The number of nitrogens with one attached hydrogen (secondary N) is 1. The Kier molecular flexibility index (Phi) is 6.94. The first-order valence-corrected chi connectivity index (χ1v) is 8.65. The van der Waals surface area contributed by atoms with Crippen molar-refractivity contribution >= 4 is 17.8 Å². The maximum Gasteiger partial charge on any atom is 0.320 e. The molecule has 1 aliphatic rings. The van der Waals surface area contributed by atoms with E-state index in [-0.39, 0.29) is 12.4 Å². The number of aliphatic carboxylic acids is 1. The van der Waals surface area contributed by atoms with Gasteiger partial charge in [0.2, 0.25) is 0 Å². The number of amides is 1. The van der Waals surface area contributed by atoms with Gasteiger partial charge in [0.15, 0.2) is 5.96 Å². The molecular formula is C18H26N4O3. The molecule has 1 atom stereocenters. The van der Waals surface area contributed by atoms with Gasteiger partial charge in [-0.05, 0) is 42.9 Å². The summed E-state index contributed by atoms with van der Waals surface area (Å²) in [5.41, 5.74) is 12.4. The Morgan fingerprint density at radius 2 is 1.84 bits per heavy atom. The third-order valence-electron chi connectivity index (χ3n) is 4.49. The molecule has 0 radical (unpaired) electrons. The Morgan fingerprint density at radius 1 is 1.20 bits per heavy atom. The number of nitrogens with zero attached hydrogens (tertiary/aromatic N) is 1. The lowest BCUT2D eigenvalue weighted by atomic mass is 9.89. The van der Waals surface area contributed by atoms with Crippen LogP contribution >= 0.6 is 0 Å². The smallest absolute Gasteiger partial charge is 0.320 e. The summed E-state index contributed by atoms with van der Waals surface area (Å²) in [5, 5.41) is 11.8. The van der Waals surface area contributed by atoms with Crippen LogP contribution in [0.4, 0.5) is 0 Å². The molecule has 1 aromatic carbocycles. The van der Waals surface area contributed by atoms with Crippen molar-refractivity contribution in [1.29, 1.82) is 0 Å². The molecule has 0 bridgehead atoms. The van der Waals surface area contributed by atoms with Gasteiger partial charge in [0, 0.05) is 12.1 Å². The lowest BCUT2D eigenvalue weighted by Gasteiger charge is -2.21. The van der Waals surface area contributed by atoms with E-state index in [1.165, 1.54) is 32.1 Å². The summed E-state index contributed by atoms with van der Waals surface area (Å²) in [6.45, 7) is 0.745. The van der Waals surface area contributed by atoms with Gasteiger partial charge in [-0.1, -0.05) is 31.4 Å². The molecule has 7 heteroatoms. The Labute approximate surface area is 147 Å². The van der Waals surface area contributed by atoms with Gasteiger partial charge >= 0.3 is 5.97 Å². The molecule has 2 rings (SSSR count). The molecular weight excluding hydrogens is 320 g/mol. The minimum Gasteiger partial charge on any atom is -0.480 e. The number of nitrogens with two attached hydrogens (primary N) is 2. The van der Waals surface area contributed by atoms with E-state index in [0.717, 1.165) is 12.1 Å². The first-order valence-electron chi connectivity index (χ1n) is 8.65. The molecule has 1 aromatic rings. The Hall–Kier alpha value is -2.41. The van der Waals surface area contributed by atoms with Crippen LogP contribution in [-0.4, -0.2) is 35.5 Å². The number of aliphatic imine (C=N–C) groups is 1. The van der Waals surface area contributed by atoms with Crippen LogP contribution in [0.1, 0.15) is 48.0 Å². The molecule has 0 spiro atoms. The van der Waals surface area contributed by atoms with Crippen molar-refractivity contribution in [2.24, 2.45) is 22.4 Å². The van der Waals surface area contributed by atoms with Crippen molar-refractivity contribution in [2.75, 3.05) is 6.54 Å². The summed E-state index contributed by atoms with van der Waals surface area (Å²) in [6.07, 6.45) is 6.38. The minimum absolute atomic E-state index is 0.132. The topological polar surface area (TPSA) is 131 Å². The number of hydrogen-bond acceptors (Lipinski definition) is 3. The lowest BCUT2D eigenvalue weighted by molar-refractivity contribution is -0.138. The minimum atomic E-state index is -1.05. The van der Waals surface area contributed by atoms with E-state index in [4.69, 9.17) is 16.6 Å². The normalized spacial score (nSPS) is 17.1. The van der Waals surface area contributed by atoms with Crippen LogP contribution in [0.25, 0.3) is 0 Å². The van der Waals surface area contributed by atoms with Crippen LogP contribution in [-0.2, 0) is 11.2 Å². The fourth-order valence-electron chi connectivity index (χ4n) is 2.98. The average Bonchev–Trinajstić information content (AvgIpc) is 2.61. The van der Waals surface area contributed by atoms with E-state index in [2.05, 4.69) is 10.3 Å². The van der Waals surface area contributed by atoms with Crippen molar-refractivity contribution in [1.82, 2.24) is 5.32 Å². The van der Waals surface area contributed by atoms with Crippen molar-refractivity contribution in [3.63, 3.8) is 0 Å². The number of carboxylic acid groups (broad SMARTS) is 1. The second-order valence-corrected chi connectivity index (χ2v) is 6.53. The molecule has 1 unspecified atom stereocenters. The van der Waals surface area contributed by atoms with Gasteiger partial charge in [-0.3, -0.25) is 9.59 Å². The molecule has 1 saturated carbocycles. The highest BCUT2D eigenvalue weighted by molar-refractivity contribution is 6.02. The van der Waals surface area contributed by atoms with Crippen LogP contribution in [0, 0.1) is 5.92 Å². The van der Waals surface area contributed by atoms with Gasteiger partial charge < -0.3 is 21.9 Å². The summed E-state index contributed by atoms with van der Waals surface area (Å²) in [4.78, 5) is 26.8. The second-order valence-electron chi connectivity index (χ2n) is 6.53. The maximum atomic E-state index is 12.1. The molecule has 6 N–H and O–H groups in total. The monoisotopic (exact) mass is 346 g/mol. The van der Waals surface area contributed by atoms with Crippen molar-refractivity contribution in [3.8, 4) is 0 Å². The van der Waals surface area contributed by atoms with Gasteiger partial charge in [-0.2, -0.15) is 4.99 Å². The largest absolute Gasteiger partial charge is 0.480 e. The predicted octanol–water partition coefficient (Wildman–Crippen LogP) is 1.27. The molecule has 1 amide bonds. The van der Waals surface area contributed by atoms with Crippen LogP contribution < -0.4 is 16.8 Å². The van der Waals surface area contributed by atoms with Gasteiger partial charge in [-0.25, -0.2) is 0 Å². The number of guanidine groups is 1. The van der Waals surface area contributed by atoms with E-state index < -0.39 is 17.9 Å². The third-order valence-corrected chi connectivity index (χ3v) is 4.49. The molecule has 0 aliphatic heterocycles. The van der Waals surface area contributed by atoms with Crippen LogP contribution in [0.3, 0.4) is 0 Å². The molecule has 0 saturated heterocycles. The summed E-state index contributed by atoms with van der Waals surface area (Å²) in [7, 11) is 0. The SMILES string of the molecule is NC(=NC(=O)c1ccc(CC(N)C(=O)O)cc1)NCC1CCCCC1. The number of carbonyl (C=O) groups excluding carboxylic acids is 1. The van der Waals surface area contributed by atoms with E-state index >= 15 is 0 Å². The van der Waals surface area contributed by atoms with Crippen molar-refractivity contribution < 1.29 is 14.7 Å². The molecule has 1 fully saturated rings. The van der Waals surface area contributed by atoms with E-state index in [1.807, 2.05) is 0 Å². The van der Waals surface area contributed by atoms with Crippen LogP contribution in [0.15, 0.2) is 29.3 Å². The predicted molar refractivity (Wildman–Crippen MR) is 96.3 cm³/mol. The zero-order chi connectivity index (χ0) is 18.2. The quantitative estimate of drug-likeness (QED) is 0.453. The summed E-state index contributed by atoms with van der Waals surface area (Å²) in [6, 6.07) is 5.60. The summed E-state index contributed by atoms with van der Waals surface area (Å²) >= 11 is 0. The Morgan fingerprint density at radius 3 is 2.44 bits per heavy atom. The fraction of sp³-hybridized carbons (Fsp3) is 0.500. The van der Waals surface area contributed by atoms with E-state index in [0.29, 0.717) is 11.5 Å². The number of carbonyl (C=O) groups is 2. The number of carboxylic acids is 1. The van der Waals surface area contributed by atoms with Gasteiger partial charge in [0.1, 0.15) is 6.04 Å². The maximum absolute atomic E-state index is 12.1. The highest BCUT2D eigenvalue weighted by Crippen LogP contribution is 2.22. The van der Waals surface area contributed by atoms with E-state index in [1.54, 1.807) is 24.3 Å². The molecule has 7 nitrogen and oxygen atoms in total. The first kappa shape index (κ1) is 18.9. The number of rotatable bonds is 6. The third kappa shape index (κ3) is 6.19. The van der Waals surface area contributed by atoms with Crippen LogP contribution in [0.2, 0.25) is 0 Å². The van der Waals surface area contributed by atoms with Crippen LogP contribution in [0.5, 0.6) is 0 Å². The highest BCUT2D eigenvalue weighted by atomic mass is 16.4. The highest BCUT2D eigenvalue weighted by Gasteiger charge is 2.14. The number of hydrogen-bond donors (Lipinski definition) is 4. The standard InChI is InChI=1S/C18H26N4O3/c19-15(17(24)25)10-12-6-8-14(9-7-12)16(23)22-18(20)21-11-13-4-2-1-3-5-13/h6-9,13,15H,1-5,10-11,19H2,(H,24,25)(H3,20,21,22,23). The lowest BCUT2D eigenvalue weighted by Crippen LogP contribution is -2.36. The Balaban J connectivity index is 1.87. The van der Waals surface area contributed by atoms with E-state index in [9.17, 15) is 9.59 Å². The molecule has 25 heavy (non-hydrogen) atoms. The summed E-state index contributed by atoms with van der Waals surface area (Å²) < 4.78 is 0. The number of benzene rings is 1. The average molecular weight is 346 g/mol. The zero-order valence-corrected chi connectivity index (χ0v) is 14.3. The van der Waals surface area contributed by atoms with Crippen molar-refractivity contribution in [3.05, 3.63) is 35.4 Å². The van der Waals surface area contributed by atoms with Gasteiger partial charge in [0.25, 0.3) is 5.91 Å². The summed E-state index contributed by atoms with van der Waals surface area (Å²) in [5.74, 6) is -0.757. The molecule has 0 aromatic heterocycles. The zero-order valence-electron chi connectivity index (χ0n) is 14.3. The van der Waals surface area contributed by atoms with Crippen molar-refractivity contribution in [2.45, 2.75) is 44.6 Å². The second kappa shape index (κ2) is 9.17.